The first-order chi connectivity index (χ1) is 13.7. The van der Waals surface area contributed by atoms with Crippen LogP contribution < -0.4 is 18.9 Å². The second kappa shape index (κ2) is 8.00. The molecule has 1 unspecified atom stereocenters. The number of methoxy groups -OCH3 is 2. The van der Waals surface area contributed by atoms with E-state index in [1.165, 1.54) is 0 Å². The summed E-state index contributed by atoms with van der Waals surface area (Å²) in [5, 5.41) is 0. The minimum atomic E-state index is 0.0190. The number of carbonyl (C=O) groups excluding carboxylic acids is 1. The van der Waals surface area contributed by atoms with Gasteiger partial charge in [0.1, 0.15) is 24.7 Å². The number of ether oxygens (including phenoxy) is 4. The van der Waals surface area contributed by atoms with Gasteiger partial charge < -0.3 is 23.8 Å². The molecule has 2 aromatic rings. The van der Waals surface area contributed by atoms with Gasteiger partial charge in [0, 0.05) is 18.2 Å². The smallest absolute Gasteiger partial charge is 0.227 e. The van der Waals surface area contributed by atoms with E-state index < -0.39 is 0 Å². The number of nitrogens with zero attached hydrogens (tertiary/aromatic N) is 1. The molecule has 2 aliphatic rings. The van der Waals surface area contributed by atoms with Crippen LogP contribution in [0.5, 0.6) is 23.0 Å². The normalized spacial score (nSPS) is 18.1. The summed E-state index contributed by atoms with van der Waals surface area (Å²) in [5.74, 6) is 3.06. The Bertz CT molecular complexity index is 866. The van der Waals surface area contributed by atoms with Gasteiger partial charge in [-0.3, -0.25) is 4.79 Å². The average Bonchev–Trinajstić information content (AvgIpc) is 3.23. The van der Waals surface area contributed by atoms with E-state index in [1.807, 2.05) is 41.3 Å². The molecule has 2 aromatic carbocycles. The molecule has 28 heavy (non-hydrogen) atoms. The van der Waals surface area contributed by atoms with E-state index in [9.17, 15) is 4.79 Å². The van der Waals surface area contributed by atoms with Crippen LogP contribution in [-0.4, -0.2) is 44.8 Å². The van der Waals surface area contributed by atoms with Crippen molar-refractivity contribution in [3.05, 3.63) is 47.5 Å². The lowest BCUT2D eigenvalue weighted by Crippen LogP contribution is -2.32. The van der Waals surface area contributed by atoms with Crippen LogP contribution in [0.15, 0.2) is 36.4 Å². The molecule has 0 bridgehead atoms. The molecule has 4 rings (SSSR count). The highest BCUT2D eigenvalue weighted by Gasteiger charge is 2.32. The van der Waals surface area contributed by atoms with Crippen LogP contribution in [0.3, 0.4) is 0 Å². The lowest BCUT2D eigenvalue weighted by atomic mass is 10.0. The Morgan fingerprint density at radius 3 is 2.68 bits per heavy atom. The van der Waals surface area contributed by atoms with E-state index in [2.05, 4.69) is 0 Å². The number of likely N-dealkylation sites (tertiary alicyclic amines) is 1. The molecule has 1 atom stereocenters. The third-order valence-electron chi connectivity index (χ3n) is 5.33. The first-order valence-electron chi connectivity index (χ1n) is 9.59. The molecular formula is C22H25NO5. The summed E-state index contributed by atoms with van der Waals surface area (Å²) in [7, 11) is 3.28. The van der Waals surface area contributed by atoms with Crippen molar-refractivity contribution >= 4 is 5.91 Å². The molecule has 0 radical (unpaired) electrons. The maximum Gasteiger partial charge on any atom is 0.227 e. The van der Waals surface area contributed by atoms with E-state index in [0.717, 1.165) is 47.8 Å². The van der Waals surface area contributed by atoms with Gasteiger partial charge in [-0.15, -0.1) is 0 Å². The van der Waals surface area contributed by atoms with Crippen molar-refractivity contribution in [3.8, 4) is 23.0 Å². The van der Waals surface area contributed by atoms with Gasteiger partial charge in [0.15, 0.2) is 11.5 Å². The minimum Gasteiger partial charge on any atom is -0.497 e. The maximum atomic E-state index is 13.1. The fraction of sp³-hybridized carbons (Fsp3) is 0.409. The van der Waals surface area contributed by atoms with Crippen molar-refractivity contribution in [2.24, 2.45) is 0 Å². The Morgan fingerprint density at radius 1 is 1.07 bits per heavy atom. The first-order valence-corrected chi connectivity index (χ1v) is 9.59. The van der Waals surface area contributed by atoms with Crippen LogP contribution in [-0.2, 0) is 11.2 Å². The maximum absolute atomic E-state index is 13.1. The number of amides is 1. The Labute approximate surface area is 165 Å². The zero-order valence-electron chi connectivity index (χ0n) is 16.3. The van der Waals surface area contributed by atoms with Crippen LogP contribution in [0.1, 0.15) is 30.0 Å². The van der Waals surface area contributed by atoms with Gasteiger partial charge in [-0.1, -0.05) is 6.07 Å². The van der Waals surface area contributed by atoms with Crippen molar-refractivity contribution in [3.63, 3.8) is 0 Å². The minimum absolute atomic E-state index is 0.0190. The van der Waals surface area contributed by atoms with Gasteiger partial charge in [0.2, 0.25) is 5.91 Å². The summed E-state index contributed by atoms with van der Waals surface area (Å²) in [4.78, 5) is 15.0. The lowest BCUT2D eigenvalue weighted by Gasteiger charge is -2.27. The molecule has 0 spiro atoms. The van der Waals surface area contributed by atoms with E-state index in [4.69, 9.17) is 18.9 Å². The molecule has 6 heteroatoms. The van der Waals surface area contributed by atoms with E-state index in [0.29, 0.717) is 25.4 Å². The van der Waals surface area contributed by atoms with Crippen LogP contribution in [0.25, 0.3) is 0 Å². The molecule has 0 saturated carbocycles. The second-order valence-corrected chi connectivity index (χ2v) is 7.01. The zero-order chi connectivity index (χ0) is 19.5. The number of rotatable bonds is 5. The van der Waals surface area contributed by atoms with Crippen molar-refractivity contribution < 1.29 is 23.7 Å². The molecule has 2 aliphatic heterocycles. The third-order valence-corrected chi connectivity index (χ3v) is 5.33. The van der Waals surface area contributed by atoms with Crippen LogP contribution in [0, 0.1) is 0 Å². The lowest BCUT2D eigenvalue weighted by molar-refractivity contribution is -0.131. The first kappa shape index (κ1) is 18.5. The van der Waals surface area contributed by atoms with Gasteiger partial charge in [-0.2, -0.15) is 0 Å². The Kier molecular flexibility index (Phi) is 5.28. The van der Waals surface area contributed by atoms with Crippen LogP contribution >= 0.6 is 0 Å². The van der Waals surface area contributed by atoms with Gasteiger partial charge in [0.25, 0.3) is 0 Å². The highest BCUT2D eigenvalue weighted by Crippen LogP contribution is 2.39. The number of fused-ring (bicyclic) bond motifs is 1. The number of hydrogen-bond donors (Lipinski definition) is 0. The summed E-state index contributed by atoms with van der Waals surface area (Å²) >= 11 is 0. The number of benzene rings is 2. The summed E-state index contributed by atoms with van der Waals surface area (Å²) < 4.78 is 22.0. The molecule has 2 heterocycles. The number of hydrogen-bond acceptors (Lipinski definition) is 5. The molecule has 6 nitrogen and oxygen atoms in total. The molecule has 0 aromatic heterocycles. The highest BCUT2D eigenvalue weighted by molar-refractivity contribution is 5.80. The summed E-state index contributed by atoms with van der Waals surface area (Å²) in [5.41, 5.74) is 1.96. The molecule has 1 saturated heterocycles. The quantitative estimate of drug-likeness (QED) is 0.792. The van der Waals surface area contributed by atoms with Gasteiger partial charge >= 0.3 is 0 Å². The number of carbonyl (C=O) groups is 1. The standard InChI is InChI=1S/C22H25NO5/c1-25-16-6-7-17(20(14-16)26-2)18-4-3-9-23(18)22(24)13-15-5-8-19-21(12-15)28-11-10-27-19/h5-8,12,14,18H,3-4,9-11,13H2,1-2H3. The molecule has 148 valence electrons. The second-order valence-electron chi connectivity index (χ2n) is 7.01. The van der Waals surface area contributed by atoms with Gasteiger partial charge in [-0.25, -0.2) is 0 Å². The van der Waals surface area contributed by atoms with Crippen molar-refractivity contribution in [1.82, 2.24) is 4.90 Å². The topological polar surface area (TPSA) is 57.2 Å². The summed E-state index contributed by atoms with van der Waals surface area (Å²) in [6, 6.07) is 11.5. The SMILES string of the molecule is COc1ccc(C2CCCN2C(=O)Cc2ccc3c(c2)OCCO3)c(OC)c1. The Balaban J connectivity index is 1.53. The van der Waals surface area contributed by atoms with Crippen LogP contribution in [0.4, 0.5) is 0 Å². The van der Waals surface area contributed by atoms with Gasteiger partial charge in [0.05, 0.1) is 26.7 Å². The largest absolute Gasteiger partial charge is 0.497 e. The van der Waals surface area contributed by atoms with Crippen molar-refractivity contribution in [2.75, 3.05) is 34.0 Å². The van der Waals surface area contributed by atoms with Gasteiger partial charge in [-0.05, 0) is 42.7 Å². The van der Waals surface area contributed by atoms with E-state index in [-0.39, 0.29) is 11.9 Å². The fourth-order valence-electron chi connectivity index (χ4n) is 3.96. The summed E-state index contributed by atoms with van der Waals surface area (Å²) in [6.45, 7) is 1.85. The molecule has 1 fully saturated rings. The monoisotopic (exact) mass is 383 g/mol. The molecular weight excluding hydrogens is 358 g/mol. The predicted molar refractivity (Wildman–Crippen MR) is 104 cm³/mol. The molecule has 0 N–H and O–H groups in total. The Hall–Kier alpha value is -2.89. The Morgan fingerprint density at radius 2 is 1.89 bits per heavy atom. The predicted octanol–water partition coefficient (Wildman–Crippen LogP) is 3.38. The average molecular weight is 383 g/mol. The third kappa shape index (κ3) is 3.59. The molecule has 0 aliphatic carbocycles. The molecule has 1 amide bonds. The van der Waals surface area contributed by atoms with Crippen LogP contribution in [0.2, 0.25) is 0 Å². The van der Waals surface area contributed by atoms with Crippen molar-refractivity contribution in [2.45, 2.75) is 25.3 Å². The fourth-order valence-corrected chi connectivity index (χ4v) is 3.96. The van der Waals surface area contributed by atoms with E-state index in [1.54, 1.807) is 14.2 Å². The van der Waals surface area contributed by atoms with E-state index >= 15 is 0 Å². The highest BCUT2D eigenvalue weighted by atomic mass is 16.6. The van der Waals surface area contributed by atoms with Crippen molar-refractivity contribution in [1.29, 1.82) is 0 Å². The zero-order valence-corrected chi connectivity index (χ0v) is 16.3. The summed E-state index contributed by atoms with van der Waals surface area (Å²) in [6.07, 6.45) is 2.24.